The summed E-state index contributed by atoms with van der Waals surface area (Å²) in [6.45, 7) is 0. The average molecular weight is 456 g/mol. The number of aliphatic carboxylic acids is 2. The van der Waals surface area contributed by atoms with E-state index in [0.717, 1.165) is 16.5 Å². The van der Waals surface area contributed by atoms with E-state index >= 15 is 0 Å². The van der Waals surface area contributed by atoms with Crippen molar-refractivity contribution in [1.82, 2.24) is 4.98 Å². The number of phenols is 1. The number of carbonyl (C=O) groups is 4. The van der Waals surface area contributed by atoms with Crippen LogP contribution >= 0.6 is 0 Å². The molecule has 11 heteroatoms. The minimum Gasteiger partial charge on any atom is -0.508 e. The van der Waals surface area contributed by atoms with Crippen molar-refractivity contribution in [2.24, 2.45) is 11.5 Å². The minimum absolute atomic E-state index is 0.150. The lowest BCUT2D eigenvalue weighted by Gasteiger charge is -2.09. The first kappa shape index (κ1) is 25.0. The predicted octanol–water partition coefficient (Wildman–Crippen LogP) is 1.07. The molecular weight excluding hydrogens is 432 g/mol. The second kappa shape index (κ2) is 11.4. The lowest BCUT2D eigenvalue weighted by atomic mass is 10.0. The van der Waals surface area contributed by atoms with E-state index in [-0.39, 0.29) is 24.2 Å². The number of aromatic hydroxyl groups is 1. The van der Waals surface area contributed by atoms with Crippen molar-refractivity contribution in [2.45, 2.75) is 24.9 Å². The SMILES string of the molecule is N[C@@H](CC(=O)c1ccccc1NC=O)C(=O)O.N[C@@H](Cc1c[nH]c2ccc(O)cc12)C(=O)O. The fraction of sp³-hybridized carbons (Fsp3) is 0.182. The van der Waals surface area contributed by atoms with E-state index in [4.69, 9.17) is 21.7 Å². The summed E-state index contributed by atoms with van der Waals surface area (Å²) in [5.74, 6) is -2.55. The van der Waals surface area contributed by atoms with E-state index < -0.39 is 29.8 Å². The van der Waals surface area contributed by atoms with Crippen LogP contribution in [0.25, 0.3) is 10.9 Å². The largest absolute Gasteiger partial charge is 0.508 e. The number of H-pyrrole nitrogens is 1. The maximum Gasteiger partial charge on any atom is 0.320 e. The van der Waals surface area contributed by atoms with Gasteiger partial charge in [-0.1, -0.05) is 12.1 Å². The Bertz CT molecular complexity index is 1160. The smallest absolute Gasteiger partial charge is 0.320 e. The zero-order valence-corrected chi connectivity index (χ0v) is 17.4. The highest BCUT2D eigenvalue weighted by molar-refractivity contribution is 6.04. The Morgan fingerprint density at radius 3 is 2.33 bits per heavy atom. The molecule has 0 bridgehead atoms. The van der Waals surface area contributed by atoms with Gasteiger partial charge in [0.05, 0.1) is 5.69 Å². The van der Waals surface area contributed by atoms with Crippen LogP contribution in [-0.2, 0) is 20.8 Å². The molecule has 2 atom stereocenters. The van der Waals surface area contributed by atoms with Gasteiger partial charge in [-0.15, -0.1) is 0 Å². The maximum atomic E-state index is 11.8. The molecule has 0 aliphatic heterocycles. The Labute approximate surface area is 188 Å². The fourth-order valence-electron chi connectivity index (χ4n) is 2.97. The Balaban J connectivity index is 0.000000234. The van der Waals surface area contributed by atoms with Gasteiger partial charge in [0, 0.05) is 35.5 Å². The number of hydrogen-bond donors (Lipinski definition) is 7. The van der Waals surface area contributed by atoms with Gasteiger partial charge in [0.2, 0.25) is 6.41 Å². The Hall–Kier alpha value is -4.22. The van der Waals surface area contributed by atoms with Crippen molar-refractivity contribution in [1.29, 1.82) is 0 Å². The average Bonchev–Trinajstić information content (AvgIpc) is 3.16. The summed E-state index contributed by atoms with van der Waals surface area (Å²) >= 11 is 0. The zero-order chi connectivity index (χ0) is 24.5. The van der Waals surface area contributed by atoms with Crippen molar-refractivity contribution in [3.8, 4) is 5.75 Å². The van der Waals surface area contributed by atoms with Crippen LogP contribution in [0.2, 0.25) is 0 Å². The van der Waals surface area contributed by atoms with E-state index in [1.54, 1.807) is 42.6 Å². The number of benzene rings is 2. The number of hydrogen-bond acceptors (Lipinski definition) is 7. The molecule has 174 valence electrons. The molecule has 3 rings (SSSR count). The number of aromatic nitrogens is 1. The van der Waals surface area contributed by atoms with Crippen molar-refractivity contribution in [3.63, 3.8) is 0 Å². The molecular formula is C22H24N4O7. The molecule has 0 spiro atoms. The second-order valence-corrected chi connectivity index (χ2v) is 7.07. The number of carbonyl (C=O) groups excluding carboxylic acids is 2. The maximum absolute atomic E-state index is 11.8. The molecule has 0 unspecified atom stereocenters. The standard InChI is InChI=1S/C11H12N2O4.C11H12N2O3/c12-8(11(16)17)5-10(15)7-3-1-2-4-9(7)13-6-14;12-9(11(15)16)3-6-5-13-10-2-1-7(14)4-8(6)10/h1-4,6,8H,5,12H2,(H,13,14)(H,16,17);1-2,4-5,9,13-14H,3,12H2,(H,15,16)/t8-;9-/m00/s1. The Kier molecular flexibility index (Phi) is 8.66. The highest BCUT2D eigenvalue weighted by Crippen LogP contribution is 2.23. The van der Waals surface area contributed by atoms with Crippen LogP contribution in [0.5, 0.6) is 5.75 Å². The number of fused-ring (bicyclic) bond motifs is 1. The van der Waals surface area contributed by atoms with Crippen molar-refractivity contribution < 1.29 is 34.5 Å². The van der Waals surface area contributed by atoms with E-state index in [0.29, 0.717) is 12.1 Å². The molecule has 0 fully saturated rings. The van der Waals surface area contributed by atoms with Crippen LogP contribution in [0.1, 0.15) is 22.3 Å². The summed E-state index contributed by atoms with van der Waals surface area (Å²) in [5, 5.41) is 29.9. The molecule has 0 aliphatic carbocycles. The van der Waals surface area contributed by atoms with Crippen molar-refractivity contribution in [3.05, 3.63) is 59.8 Å². The van der Waals surface area contributed by atoms with Gasteiger partial charge >= 0.3 is 11.9 Å². The summed E-state index contributed by atoms with van der Waals surface area (Å²) in [6, 6.07) is 9.05. The first-order valence-electron chi connectivity index (χ1n) is 9.72. The van der Waals surface area contributed by atoms with E-state index in [1.807, 2.05) is 0 Å². The minimum atomic E-state index is -1.24. The first-order valence-corrected chi connectivity index (χ1v) is 9.72. The summed E-state index contributed by atoms with van der Waals surface area (Å²) in [7, 11) is 0. The van der Waals surface area contributed by atoms with Crippen LogP contribution < -0.4 is 16.8 Å². The van der Waals surface area contributed by atoms with Crippen LogP contribution in [0.3, 0.4) is 0 Å². The lowest BCUT2D eigenvalue weighted by molar-refractivity contribution is -0.139. The third-order valence-corrected chi connectivity index (χ3v) is 4.67. The van der Waals surface area contributed by atoms with Gasteiger partial charge < -0.3 is 37.1 Å². The molecule has 0 saturated heterocycles. The highest BCUT2D eigenvalue weighted by Gasteiger charge is 2.19. The number of phenolic OH excluding ortho intramolecular Hbond substituents is 1. The number of carboxylic acids is 2. The third-order valence-electron chi connectivity index (χ3n) is 4.67. The van der Waals surface area contributed by atoms with E-state index in [1.165, 1.54) is 6.07 Å². The molecule has 11 nitrogen and oxygen atoms in total. The van der Waals surface area contributed by atoms with Crippen LogP contribution in [-0.4, -0.2) is 56.5 Å². The second-order valence-electron chi connectivity index (χ2n) is 7.07. The number of amides is 1. The number of ketones is 1. The molecule has 3 aromatic rings. The predicted molar refractivity (Wildman–Crippen MR) is 120 cm³/mol. The first-order chi connectivity index (χ1) is 15.6. The van der Waals surface area contributed by atoms with Crippen molar-refractivity contribution in [2.75, 3.05) is 5.32 Å². The van der Waals surface area contributed by atoms with Gasteiger partial charge in [-0.05, 0) is 35.9 Å². The normalized spacial score (nSPS) is 12.2. The Morgan fingerprint density at radius 1 is 1.03 bits per heavy atom. The number of rotatable bonds is 9. The number of para-hydroxylation sites is 1. The molecule has 33 heavy (non-hydrogen) atoms. The fourth-order valence-corrected chi connectivity index (χ4v) is 2.97. The number of nitrogens with one attached hydrogen (secondary N) is 2. The zero-order valence-electron chi connectivity index (χ0n) is 17.4. The van der Waals surface area contributed by atoms with Crippen LogP contribution in [0, 0.1) is 0 Å². The Morgan fingerprint density at radius 2 is 1.70 bits per heavy atom. The summed E-state index contributed by atoms with van der Waals surface area (Å²) in [4.78, 5) is 46.3. The van der Waals surface area contributed by atoms with Gasteiger partial charge in [-0.3, -0.25) is 19.2 Å². The molecule has 9 N–H and O–H groups in total. The number of carboxylic acid groups (broad SMARTS) is 2. The molecule has 0 radical (unpaired) electrons. The van der Waals surface area contributed by atoms with Gasteiger partial charge in [0.25, 0.3) is 0 Å². The number of anilines is 1. The van der Waals surface area contributed by atoms with Crippen LogP contribution in [0.15, 0.2) is 48.7 Å². The quantitative estimate of drug-likeness (QED) is 0.181. The summed E-state index contributed by atoms with van der Waals surface area (Å²) < 4.78 is 0. The summed E-state index contributed by atoms with van der Waals surface area (Å²) in [6.07, 6.45) is 2.09. The highest BCUT2D eigenvalue weighted by atomic mass is 16.4. The van der Waals surface area contributed by atoms with Gasteiger partial charge in [-0.2, -0.15) is 0 Å². The third kappa shape index (κ3) is 6.89. The van der Waals surface area contributed by atoms with E-state index in [2.05, 4.69) is 10.3 Å². The lowest BCUT2D eigenvalue weighted by Crippen LogP contribution is -2.32. The van der Waals surface area contributed by atoms with Gasteiger partial charge in [0.15, 0.2) is 5.78 Å². The topological polar surface area (TPSA) is 209 Å². The van der Waals surface area contributed by atoms with Crippen molar-refractivity contribution >= 4 is 40.7 Å². The molecule has 1 heterocycles. The van der Waals surface area contributed by atoms with Gasteiger partial charge in [-0.25, -0.2) is 0 Å². The molecule has 2 aromatic carbocycles. The molecule has 1 aromatic heterocycles. The molecule has 0 aliphatic rings. The number of aromatic amines is 1. The van der Waals surface area contributed by atoms with Crippen LogP contribution in [0.4, 0.5) is 5.69 Å². The molecule has 1 amide bonds. The molecule has 0 saturated carbocycles. The van der Waals surface area contributed by atoms with E-state index in [9.17, 15) is 24.3 Å². The number of nitrogens with two attached hydrogens (primary N) is 2. The number of Topliss-reactive ketones (excluding diaryl/α,β-unsaturated/α-hetero) is 1. The monoisotopic (exact) mass is 456 g/mol. The summed E-state index contributed by atoms with van der Waals surface area (Å²) in [5.41, 5.74) is 13.0. The van der Waals surface area contributed by atoms with Gasteiger partial charge in [0.1, 0.15) is 17.8 Å².